The highest BCUT2D eigenvalue weighted by Crippen LogP contribution is 2.57. The topological polar surface area (TPSA) is 3.88 Å². The molecule has 1 aromatic heterocycles. The van der Waals surface area contributed by atoms with Gasteiger partial charge in [-0.05, 0) is 12.5 Å². The molecule has 0 saturated carbocycles. The lowest BCUT2D eigenvalue weighted by molar-refractivity contribution is -0.734. The number of pyridine rings is 1. The Kier molecular flexibility index (Phi) is 3.32. The van der Waals surface area contributed by atoms with Gasteiger partial charge in [-0.3, -0.25) is 0 Å². The first-order valence-corrected chi connectivity index (χ1v) is 7.38. The summed E-state index contributed by atoms with van der Waals surface area (Å²) < 4.78 is 2.47. The lowest BCUT2D eigenvalue weighted by Gasteiger charge is -2.47. The first kappa shape index (κ1) is 14.5. The second kappa shape index (κ2) is 4.81. The molecule has 0 spiro atoms. The van der Waals surface area contributed by atoms with Crippen LogP contribution in [0.25, 0.3) is 0 Å². The highest BCUT2D eigenvalue weighted by molar-refractivity contribution is 5.45. The molecule has 1 nitrogen and oxygen atoms in total. The number of aromatic nitrogens is 1. The third-order valence-corrected chi connectivity index (χ3v) is 5.45. The molecule has 3 heterocycles. The molecule has 2 heteroatoms. The first-order chi connectivity index (χ1) is 9.63. The lowest BCUT2D eigenvalue weighted by Crippen LogP contribution is -3.00. The average Bonchev–Trinajstić information content (AvgIpc) is 2.47. The van der Waals surface area contributed by atoms with Crippen molar-refractivity contribution in [3.8, 4) is 0 Å². The third-order valence-electron chi connectivity index (χ3n) is 5.45. The summed E-state index contributed by atoms with van der Waals surface area (Å²) in [6, 6.07) is 16.0. The van der Waals surface area contributed by atoms with Crippen LogP contribution in [-0.4, -0.2) is 0 Å². The van der Waals surface area contributed by atoms with E-state index in [9.17, 15) is 0 Å². The Morgan fingerprint density at radius 3 is 2.52 bits per heavy atom. The first-order valence-electron chi connectivity index (χ1n) is 7.38. The summed E-state index contributed by atoms with van der Waals surface area (Å²) in [4.78, 5) is 0. The molecule has 5 rings (SSSR count). The molecule has 2 aromatic rings. The van der Waals surface area contributed by atoms with E-state index in [4.69, 9.17) is 0 Å². The van der Waals surface area contributed by atoms with Crippen LogP contribution in [0.15, 0.2) is 60.8 Å². The van der Waals surface area contributed by atoms with E-state index in [0.29, 0.717) is 12.0 Å². The molecule has 2 aliphatic heterocycles. The summed E-state index contributed by atoms with van der Waals surface area (Å²) in [5, 5.41) is 0. The van der Waals surface area contributed by atoms with Crippen LogP contribution in [0.3, 0.4) is 0 Å². The molecule has 1 aromatic carbocycles. The molecule has 0 fully saturated rings. The Morgan fingerprint density at radius 1 is 1.14 bits per heavy atom. The van der Waals surface area contributed by atoms with Crippen molar-refractivity contribution in [3.05, 3.63) is 77.6 Å². The van der Waals surface area contributed by atoms with Gasteiger partial charge in [0.25, 0.3) is 0 Å². The van der Waals surface area contributed by atoms with E-state index in [0.717, 1.165) is 6.42 Å². The van der Waals surface area contributed by atoms with Crippen LogP contribution >= 0.6 is 0 Å². The van der Waals surface area contributed by atoms with Gasteiger partial charge in [-0.2, -0.15) is 4.57 Å². The van der Waals surface area contributed by atoms with E-state index in [1.165, 1.54) is 22.4 Å². The van der Waals surface area contributed by atoms with Crippen molar-refractivity contribution in [3.63, 3.8) is 0 Å². The van der Waals surface area contributed by atoms with Crippen LogP contribution in [0.1, 0.15) is 49.0 Å². The Morgan fingerprint density at radius 2 is 1.81 bits per heavy atom. The highest BCUT2D eigenvalue weighted by atomic mass is 79.9. The molecule has 21 heavy (non-hydrogen) atoms. The van der Waals surface area contributed by atoms with Crippen LogP contribution in [-0.2, 0) is 0 Å². The minimum absolute atomic E-state index is 0. The Balaban J connectivity index is 0.00000132. The number of benzene rings is 1. The van der Waals surface area contributed by atoms with Gasteiger partial charge in [0.2, 0.25) is 0 Å². The Bertz CT molecular complexity index is 674. The maximum Gasteiger partial charge on any atom is 0.190 e. The molecule has 0 saturated heterocycles. The van der Waals surface area contributed by atoms with Gasteiger partial charge in [0.1, 0.15) is 0 Å². The third kappa shape index (κ3) is 1.78. The van der Waals surface area contributed by atoms with Crippen molar-refractivity contribution in [1.82, 2.24) is 0 Å². The minimum atomic E-state index is 0. The molecule has 3 unspecified atom stereocenters. The second-order valence-corrected chi connectivity index (χ2v) is 6.51. The van der Waals surface area contributed by atoms with Crippen molar-refractivity contribution in [2.24, 2.45) is 5.41 Å². The van der Waals surface area contributed by atoms with E-state index in [-0.39, 0.29) is 22.4 Å². The summed E-state index contributed by atoms with van der Waals surface area (Å²) in [7, 11) is 0. The molecule has 108 valence electrons. The van der Waals surface area contributed by atoms with Crippen molar-refractivity contribution in [2.45, 2.75) is 32.2 Å². The number of allylic oxidation sites excluding steroid dienone is 1. The second-order valence-electron chi connectivity index (χ2n) is 6.51. The van der Waals surface area contributed by atoms with Crippen LogP contribution in [0.5, 0.6) is 0 Å². The van der Waals surface area contributed by atoms with E-state index in [2.05, 4.69) is 73.7 Å². The predicted octanol–water partition coefficient (Wildman–Crippen LogP) is 0.999. The fourth-order valence-corrected chi connectivity index (χ4v) is 4.20. The monoisotopic (exact) mass is 341 g/mol. The molecule has 3 atom stereocenters. The molecule has 0 N–H and O–H groups in total. The van der Waals surface area contributed by atoms with Gasteiger partial charge in [0.05, 0.1) is 5.92 Å². The van der Waals surface area contributed by atoms with Gasteiger partial charge in [-0.15, -0.1) is 0 Å². The predicted molar refractivity (Wildman–Crippen MR) is 80.6 cm³/mol. The van der Waals surface area contributed by atoms with Crippen molar-refractivity contribution >= 4 is 0 Å². The molecule has 1 aliphatic carbocycles. The average molecular weight is 342 g/mol. The van der Waals surface area contributed by atoms with Crippen LogP contribution in [0, 0.1) is 5.41 Å². The van der Waals surface area contributed by atoms with Crippen LogP contribution in [0.4, 0.5) is 0 Å². The van der Waals surface area contributed by atoms with Crippen molar-refractivity contribution in [2.75, 3.05) is 0 Å². The Hall–Kier alpha value is -1.41. The summed E-state index contributed by atoms with van der Waals surface area (Å²) >= 11 is 0. The molecule has 3 aliphatic rings. The number of halogens is 1. The van der Waals surface area contributed by atoms with Gasteiger partial charge in [0, 0.05) is 29.5 Å². The molecule has 0 radical (unpaired) electrons. The summed E-state index contributed by atoms with van der Waals surface area (Å²) in [5.41, 5.74) is 5.91. The smallest absolute Gasteiger partial charge is 0.190 e. The largest absolute Gasteiger partial charge is 1.00 e. The summed E-state index contributed by atoms with van der Waals surface area (Å²) in [6.45, 7) is 8.89. The Labute approximate surface area is 137 Å². The van der Waals surface area contributed by atoms with E-state index < -0.39 is 0 Å². The maximum atomic E-state index is 4.31. The number of hydrogen-bond acceptors (Lipinski definition) is 0. The quantitative estimate of drug-likeness (QED) is 0.538. The normalized spacial score (nSPS) is 28.3. The number of nitrogens with zero attached hydrogens (tertiary/aromatic N) is 1. The van der Waals surface area contributed by atoms with Crippen LogP contribution < -0.4 is 21.5 Å². The van der Waals surface area contributed by atoms with Gasteiger partial charge < -0.3 is 17.0 Å². The van der Waals surface area contributed by atoms with Gasteiger partial charge in [0.15, 0.2) is 17.9 Å². The zero-order valence-electron chi connectivity index (χ0n) is 12.5. The maximum absolute atomic E-state index is 4.31. The number of rotatable bonds is 1. The lowest BCUT2D eigenvalue weighted by atomic mass is 9.57. The van der Waals surface area contributed by atoms with Crippen LogP contribution in [0.2, 0.25) is 0 Å². The standard InChI is InChI=1S/C19H20N.BrH/c1-13(2)19(3)12-17-14-8-4-5-9-15(14)18(19)16-10-6-7-11-20(16)17;/h4-11,17-18H,1,12H2,2-3H3;1H/q+1;/p-1. The molecular formula is C19H20BrN. The zero-order chi connectivity index (χ0) is 13.9. The van der Waals surface area contributed by atoms with E-state index >= 15 is 0 Å². The molecule has 2 bridgehead atoms. The van der Waals surface area contributed by atoms with Crippen molar-refractivity contribution < 1.29 is 21.5 Å². The van der Waals surface area contributed by atoms with Crippen molar-refractivity contribution in [1.29, 1.82) is 0 Å². The summed E-state index contributed by atoms with van der Waals surface area (Å²) in [6.07, 6.45) is 3.40. The minimum Gasteiger partial charge on any atom is -1.00 e. The fourth-order valence-electron chi connectivity index (χ4n) is 4.20. The highest BCUT2D eigenvalue weighted by Gasteiger charge is 2.55. The van der Waals surface area contributed by atoms with E-state index in [1.54, 1.807) is 0 Å². The van der Waals surface area contributed by atoms with Gasteiger partial charge in [-0.25, -0.2) is 0 Å². The summed E-state index contributed by atoms with van der Waals surface area (Å²) in [5.74, 6) is 0.433. The SMILES string of the molecule is C=C(C)C1(C)CC2c3ccccc3C1c1cccc[n+]12.[Br-]. The fraction of sp³-hybridized carbons (Fsp3) is 0.316. The van der Waals surface area contributed by atoms with Gasteiger partial charge >= 0.3 is 0 Å². The number of hydrogen-bond donors (Lipinski definition) is 0. The van der Waals surface area contributed by atoms with Gasteiger partial charge in [-0.1, -0.05) is 49.4 Å². The zero-order valence-corrected chi connectivity index (χ0v) is 14.1. The molecular weight excluding hydrogens is 322 g/mol. The molecule has 0 amide bonds. The number of fused-ring (bicyclic) bond motifs is 1. The van der Waals surface area contributed by atoms with E-state index in [1.807, 2.05) is 0 Å².